The molecular weight excluding hydrogens is 316 g/mol. The lowest BCUT2D eigenvalue weighted by Crippen LogP contribution is -2.39. The van der Waals surface area contributed by atoms with Crippen LogP contribution in [0.15, 0.2) is 40.9 Å². The van der Waals surface area contributed by atoms with E-state index in [1.54, 1.807) is 6.20 Å². The molecule has 0 atom stereocenters. The first-order chi connectivity index (χ1) is 12.2. The molecule has 0 bridgehead atoms. The number of nitrogens with two attached hydrogens (primary N) is 1. The van der Waals surface area contributed by atoms with Crippen LogP contribution in [0.2, 0.25) is 0 Å². The summed E-state index contributed by atoms with van der Waals surface area (Å²) in [6.07, 6.45) is 6.30. The fraction of sp³-hybridized carbons (Fsp3) is 0.474. The van der Waals surface area contributed by atoms with Gasteiger partial charge in [0.2, 0.25) is 5.89 Å². The van der Waals surface area contributed by atoms with E-state index in [4.69, 9.17) is 10.2 Å². The Balaban J connectivity index is 1.39. The summed E-state index contributed by atoms with van der Waals surface area (Å²) < 4.78 is 5.67. The Hall–Kier alpha value is -2.34. The molecule has 0 saturated heterocycles. The highest BCUT2D eigenvalue weighted by Gasteiger charge is 2.20. The molecule has 1 aliphatic rings. The summed E-state index contributed by atoms with van der Waals surface area (Å²) in [6, 6.07) is 9.59. The van der Waals surface area contributed by atoms with Gasteiger partial charge < -0.3 is 20.8 Å². The summed E-state index contributed by atoms with van der Waals surface area (Å²) in [4.78, 5) is 16.2. The molecule has 25 heavy (non-hydrogen) atoms. The number of carbonyl (C=O) groups is 1. The number of aromatic nitrogens is 1. The van der Waals surface area contributed by atoms with E-state index >= 15 is 0 Å². The lowest BCUT2D eigenvalue weighted by atomic mass is 9.82. The molecule has 0 unspecified atom stereocenters. The first-order valence-electron chi connectivity index (χ1n) is 8.96. The van der Waals surface area contributed by atoms with Crippen molar-refractivity contribution in [3.8, 4) is 11.3 Å². The normalized spacial score (nSPS) is 20.2. The molecular formula is C19H26N4O2. The predicted molar refractivity (Wildman–Crippen MR) is 96.7 cm³/mol. The van der Waals surface area contributed by atoms with Gasteiger partial charge in [-0.25, -0.2) is 9.78 Å². The molecule has 0 spiro atoms. The molecule has 1 aliphatic carbocycles. The van der Waals surface area contributed by atoms with Crippen LogP contribution < -0.4 is 16.4 Å². The number of hydrogen-bond acceptors (Lipinski definition) is 4. The maximum Gasteiger partial charge on any atom is 0.315 e. The maximum atomic E-state index is 11.9. The third kappa shape index (κ3) is 5.06. The van der Waals surface area contributed by atoms with Crippen molar-refractivity contribution in [2.24, 2.45) is 17.6 Å². The highest BCUT2D eigenvalue weighted by Crippen LogP contribution is 2.27. The van der Waals surface area contributed by atoms with Gasteiger partial charge in [-0.15, -0.1) is 0 Å². The number of oxazole rings is 1. The molecule has 1 saturated carbocycles. The van der Waals surface area contributed by atoms with Gasteiger partial charge in [0.1, 0.15) is 0 Å². The van der Waals surface area contributed by atoms with E-state index in [-0.39, 0.29) is 12.6 Å². The van der Waals surface area contributed by atoms with E-state index in [0.717, 1.165) is 24.9 Å². The Morgan fingerprint density at radius 3 is 2.56 bits per heavy atom. The average molecular weight is 342 g/mol. The molecule has 1 aromatic heterocycles. The minimum absolute atomic E-state index is 0.180. The summed E-state index contributed by atoms with van der Waals surface area (Å²) in [5, 5.41) is 5.74. The Labute approximate surface area is 148 Å². The van der Waals surface area contributed by atoms with Crippen LogP contribution in [0.1, 0.15) is 31.6 Å². The highest BCUT2D eigenvalue weighted by atomic mass is 16.4. The Morgan fingerprint density at radius 1 is 1.12 bits per heavy atom. The van der Waals surface area contributed by atoms with Gasteiger partial charge in [-0.1, -0.05) is 30.3 Å². The summed E-state index contributed by atoms with van der Waals surface area (Å²) in [6.45, 7) is 1.77. The Morgan fingerprint density at radius 2 is 1.84 bits per heavy atom. The van der Waals surface area contributed by atoms with Crippen LogP contribution in [-0.4, -0.2) is 24.1 Å². The second-order valence-corrected chi connectivity index (χ2v) is 6.67. The summed E-state index contributed by atoms with van der Waals surface area (Å²) in [5.74, 6) is 2.42. The predicted octanol–water partition coefficient (Wildman–Crippen LogP) is 2.91. The second-order valence-electron chi connectivity index (χ2n) is 6.67. The second kappa shape index (κ2) is 8.67. The van der Waals surface area contributed by atoms with E-state index in [0.29, 0.717) is 30.0 Å². The third-order valence-corrected chi connectivity index (χ3v) is 4.86. The smallest absolute Gasteiger partial charge is 0.315 e. The van der Waals surface area contributed by atoms with Crippen LogP contribution in [0.3, 0.4) is 0 Å². The average Bonchev–Trinajstić information content (AvgIpc) is 3.15. The molecule has 6 nitrogen and oxygen atoms in total. The largest absolute Gasteiger partial charge is 0.439 e. The Kier molecular flexibility index (Phi) is 6.06. The number of carbonyl (C=O) groups excluding carboxylic acids is 1. The van der Waals surface area contributed by atoms with Gasteiger partial charge in [-0.05, 0) is 44.1 Å². The van der Waals surface area contributed by atoms with Gasteiger partial charge in [-0.3, -0.25) is 0 Å². The van der Waals surface area contributed by atoms with Crippen LogP contribution >= 0.6 is 0 Å². The minimum atomic E-state index is -0.180. The number of nitrogens with one attached hydrogen (secondary N) is 2. The topological polar surface area (TPSA) is 93.2 Å². The number of nitrogens with zero attached hydrogens (tertiary/aromatic N) is 1. The van der Waals surface area contributed by atoms with Crippen LogP contribution in [0, 0.1) is 11.8 Å². The highest BCUT2D eigenvalue weighted by molar-refractivity contribution is 5.73. The van der Waals surface area contributed by atoms with Gasteiger partial charge >= 0.3 is 6.03 Å². The zero-order valence-corrected chi connectivity index (χ0v) is 14.4. The van der Waals surface area contributed by atoms with Gasteiger partial charge in [0.05, 0.1) is 12.7 Å². The van der Waals surface area contributed by atoms with Crippen molar-refractivity contribution >= 4 is 6.03 Å². The molecule has 2 aromatic rings. The van der Waals surface area contributed by atoms with E-state index in [1.807, 2.05) is 30.3 Å². The van der Waals surface area contributed by atoms with Crippen molar-refractivity contribution in [2.45, 2.75) is 32.2 Å². The van der Waals surface area contributed by atoms with Crippen molar-refractivity contribution in [1.29, 1.82) is 0 Å². The molecule has 4 N–H and O–H groups in total. The first-order valence-corrected chi connectivity index (χ1v) is 8.96. The SMILES string of the molecule is NCC1CCC(CNC(=O)NCc2ncc(-c3ccccc3)o2)CC1. The van der Waals surface area contributed by atoms with Crippen molar-refractivity contribution in [2.75, 3.05) is 13.1 Å². The summed E-state index contributed by atoms with van der Waals surface area (Å²) in [5.41, 5.74) is 6.68. The van der Waals surface area contributed by atoms with Crippen molar-refractivity contribution in [3.05, 3.63) is 42.4 Å². The van der Waals surface area contributed by atoms with E-state index in [9.17, 15) is 4.79 Å². The monoisotopic (exact) mass is 342 g/mol. The van der Waals surface area contributed by atoms with Crippen LogP contribution in [0.4, 0.5) is 4.79 Å². The molecule has 134 valence electrons. The number of hydrogen-bond donors (Lipinski definition) is 3. The van der Waals surface area contributed by atoms with E-state index in [2.05, 4.69) is 15.6 Å². The van der Waals surface area contributed by atoms with Gasteiger partial charge in [-0.2, -0.15) is 0 Å². The fourth-order valence-corrected chi connectivity index (χ4v) is 3.25. The van der Waals surface area contributed by atoms with Crippen molar-refractivity contribution in [1.82, 2.24) is 15.6 Å². The Bertz CT molecular complexity index is 663. The number of urea groups is 1. The zero-order valence-electron chi connectivity index (χ0n) is 14.4. The number of amides is 2. The molecule has 0 aliphatic heterocycles. The van der Waals surface area contributed by atoms with Crippen molar-refractivity contribution in [3.63, 3.8) is 0 Å². The van der Waals surface area contributed by atoms with Crippen LogP contribution in [-0.2, 0) is 6.54 Å². The first kappa shape index (κ1) is 17.5. The summed E-state index contributed by atoms with van der Waals surface area (Å²) in [7, 11) is 0. The fourth-order valence-electron chi connectivity index (χ4n) is 3.25. The molecule has 6 heteroatoms. The lowest BCUT2D eigenvalue weighted by molar-refractivity contribution is 0.230. The zero-order chi connectivity index (χ0) is 17.5. The molecule has 0 radical (unpaired) electrons. The quantitative estimate of drug-likeness (QED) is 0.752. The third-order valence-electron chi connectivity index (χ3n) is 4.86. The van der Waals surface area contributed by atoms with Gasteiger partial charge in [0.25, 0.3) is 0 Å². The van der Waals surface area contributed by atoms with E-state index < -0.39 is 0 Å². The molecule has 1 heterocycles. The lowest BCUT2D eigenvalue weighted by Gasteiger charge is -2.27. The minimum Gasteiger partial charge on any atom is -0.439 e. The number of benzene rings is 1. The van der Waals surface area contributed by atoms with Crippen LogP contribution in [0.25, 0.3) is 11.3 Å². The maximum absolute atomic E-state index is 11.9. The van der Waals surface area contributed by atoms with Gasteiger partial charge in [0.15, 0.2) is 5.76 Å². The molecule has 1 fully saturated rings. The molecule has 2 amide bonds. The van der Waals surface area contributed by atoms with Crippen molar-refractivity contribution < 1.29 is 9.21 Å². The molecule has 1 aromatic carbocycles. The summed E-state index contributed by atoms with van der Waals surface area (Å²) >= 11 is 0. The molecule has 3 rings (SSSR count). The van der Waals surface area contributed by atoms with E-state index in [1.165, 1.54) is 12.8 Å². The number of rotatable bonds is 6. The standard InChI is InChI=1S/C19H26N4O2/c20-10-14-6-8-15(9-7-14)11-22-19(24)23-13-18-21-12-17(25-18)16-4-2-1-3-5-16/h1-5,12,14-15H,6-11,13,20H2,(H2,22,23,24). The van der Waals surface area contributed by atoms with Gasteiger partial charge in [0, 0.05) is 12.1 Å². The van der Waals surface area contributed by atoms with Crippen LogP contribution in [0.5, 0.6) is 0 Å².